The molecular weight excluding hydrogens is 114 g/mol. The molecule has 0 rings (SSSR count). The van der Waals surface area contributed by atoms with Crippen molar-refractivity contribution >= 4 is 17.2 Å². The summed E-state index contributed by atoms with van der Waals surface area (Å²) in [6, 6.07) is 0. The Hall–Kier alpha value is -0.220. The second kappa shape index (κ2) is 3.95. The fraction of sp³-hybridized carbons (Fsp3) is 0.333. The molecule has 7 heavy (non-hydrogen) atoms. The molecule has 40 valence electrons. The molecule has 0 atom stereocenters. The van der Waals surface area contributed by atoms with E-state index in [-0.39, 0.29) is 0 Å². The molecule has 0 amide bonds. The lowest BCUT2D eigenvalue weighted by atomic mass is 11.5. The van der Waals surface area contributed by atoms with E-state index in [1.165, 1.54) is 0 Å². The van der Waals surface area contributed by atoms with E-state index in [9.17, 15) is 4.79 Å². The van der Waals surface area contributed by atoms with E-state index in [2.05, 4.69) is 16.6 Å². The molecule has 0 aliphatic carbocycles. The van der Waals surface area contributed by atoms with Crippen LogP contribution in [0.1, 0.15) is 0 Å². The molecule has 0 saturated heterocycles. The van der Waals surface area contributed by atoms with Crippen molar-refractivity contribution in [3.63, 3.8) is 0 Å². The quantitative estimate of drug-likeness (QED) is 0.406. The first-order valence-corrected chi connectivity index (χ1v) is 2.37. The van der Waals surface area contributed by atoms with Crippen molar-refractivity contribution in [2.75, 3.05) is 7.05 Å². The molecule has 0 aromatic carbocycles. The Morgan fingerprint density at radius 1 is 2.00 bits per heavy atom. The molecule has 0 aliphatic heterocycles. The maximum atomic E-state index is 9.97. The normalized spacial score (nSPS) is 8.29. The van der Waals surface area contributed by atoms with Crippen molar-refractivity contribution in [1.82, 2.24) is 4.72 Å². The second-order valence-electron chi connectivity index (χ2n) is 0.674. The third-order valence-corrected chi connectivity index (χ3v) is 0.749. The summed E-state index contributed by atoms with van der Waals surface area (Å²) in [5, 5.41) is -0.539. The van der Waals surface area contributed by atoms with Gasteiger partial charge in [0.1, 0.15) is 0 Å². The van der Waals surface area contributed by atoms with Crippen LogP contribution in [0.25, 0.3) is 0 Å². The van der Waals surface area contributed by atoms with Crippen LogP contribution in [0.4, 0.5) is 4.79 Å². The van der Waals surface area contributed by atoms with Crippen molar-refractivity contribution in [1.29, 1.82) is 0 Å². The molecule has 3 nitrogen and oxygen atoms in total. The molecule has 0 fully saturated rings. The Bertz CT molecular complexity index is 66.0. The number of hydrogen-bond donors (Lipinski definition) is 1. The van der Waals surface area contributed by atoms with E-state index in [1.807, 2.05) is 0 Å². The van der Waals surface area contributed by atoms with Crippen LogP contribution in [-0.4, -0.2) is 12.3 Å². The van der Waals surface area contributed by atoms with E-state index in [0.717, 1.165) is 11.9 Å². The summed E-state index contributed by atoms with van der Waals surface area (Å²) >= 11 is 0.795. The summed E-state index contributed by atoms with van der Waals surface area (Å²) in [6.45, 7) is 0. The monoisotopic (exact) mass is 119 g/mol. The lowest BCUT2D eigenvalue weighted by Crippen LogP contribution is -1.99. The van der Waals surface area contributed by atoms with Gasteiger partial charge in [0, 0.05) is 11.9 Å². The van der Waals surface area contributed by atoms with Gasteiger partial charge in [-0.2, -0.15) is 0 Å². The average Bonchev–Trinajstić information content (AvgIpc) is 1.68. The summed E-state index contributed by atoms with van der Waals surface area (Å²) < 4.78 is 6.23. The molecule has 0 bridgehead atoms. The van der Waals surface area contributed by atoms with Crippen LogP contribution >= 0.6 is 11.9 Å². The van der Waals surface area contributed by atoms with Crippen LogP contribution in [0, 0.1) is 7.11 Å². The average molecular weight is 119 g/mol. The number of rotatable bonds is 1. The Morgan fingerprint density at radius 3 is 2.71 bits per heavy atom. The van der Waals surface area contributed by atoms with E-state index < -0.39 is 5.30 Å². The first-order chi connectivity index (χ1) is 3.31. The summed E-state index contributed by atoms with van der Waals surface area (Å²) in [6.07, 6.45) is 0. The Labute approximate surface area is 46.6 Å². The largest absolute Gasteiger partial charge is 0.445 e. The van der Waals surface area contributed by atoms with Crippen LogP contribution in [0.2, 0.25) is 0 Å². The van der Waals surface area contributed by atoms with Gasteiger partial charge in [0.05, 0.1) is 0 Å². The van der Waals surface area contributed by atoms with Crippen LogP contribution in [-0.2, 0) is 4.74 Å². The highest BCUT2D eigenvalue weighted by molar-refractivity contribution is 8.11. The number of carbonyl (C=O) groups is 1. The third-order valence-electron chi connectivity index (χ3n) is 0.282. The smallest absolute Gasteiger partial charge is 0.383 e. The summed E-state index contributed by atoms with van der Waals surface area (Å²) in [4.78, 5) is 9.97. The molecule has 2 radical (unpaired) electrons. The SMILES string of the molecule is [CH]OC(=O)SNC. The zero-order valence-electron chi connectivity index (χ0n) is 3.80. The van der Waals surface area contributed by atoms with Gasteiger partial charge in [-0.05, 0) is 7.05 Å². The van der Waals surface area contributed by atoms with E-state index >= 15 is 0 Å². The number of ether oxygens (including phenoxy) is 1. The Balaban J connectivity index is 3.00. The summed E-state index contributed by atoms with van der Waals surface area (Å²) in [7, 11) is 6.05. The van der Waals surface area contributed by atoms with Gasteiger partial charge in [-0.1, -0.05) is 0 Å². The first-order valence-electron chi connectivity index (χ1n) is 1.55. The molecule has 0 heterocycles. The zero-order chi connectivity index (χ0) is 5.70. The number of nitrogens with one attached hydrogen (secondary N) is 1. The topological polar surface area (TPSA) is 38.3 Å². The van der Waals surface area contributed by atoms with Crippen molar-refractivity contribution in [2.45, 2.75) is 0 Å². The number of carbonyl (C=O) groups excluding carboxylic acids is 1. The summed E-state index contributed by atoms with van der Waals surface area (Å²) in [5.74, 6) is 0. The molecule has 0 aliphatic rings. The van der Waals surface area contributed by atoms with Crippen LogP contribution < -0.4 is 4.72 Å². The first kappa shape index (κ1) is 6.78. The van der Waals surface area contributed by atoms with Crippen molar-refractivity contribution in [3.8, 4) is 0 Å². The highest BCUT2D eigenvalue weighted by Gasteiger charge is 1.94. The van der Waals surface area contributed by atoms with Crippen LogP contribution in [0.3, 0.4) is 0 Å². The standard InChI is InChI=1S/C3H5NO2S/c1-4-7-3(5)6-2/h2,4H,1H3. The molecule has 0 unspecified atom stereocenters. The molecule has 1 N–H and O–H groups in total. The minimum absolute atomic E-state index is 0.539. The maximum absolute atomic E-state index is 9.97. The van der Waals surface area contributed by atoms with E-state index in [4.69, 9.17) is 0 Å². The van der Waals surface area contributed by atoms with E-state index in [1.54, 1.807) is 7.05 Å². The van der Waals surface area contributed by atoms with Gasteiger partial charge < -0.3 is 4.74 Å². The van der Waals surface area contributed by atoms with Gasteiger partial charge in [0.25, 0.3) is 0 Å². The van der Waals surface area contributed by atoms with Crippen molar-refractivity contribution in [2.24, 2.45) is 0 Å². The van der Waals surface area contributed by atoms with Crippen LogP contribution in [0.15, 0.2) is 0 Å². The van der Waals surface area contributed by atoms with Gasteiger partial charge in [0.15, 0.2) is 7.11 Å². The minimum atomic E-state index is -0.539. The van der Waals surface area contributed by atoms with Gasteiger partial charge in [-0.15, -0.1) is 0 Å². The lowest BCUT2D eigenvalue weighted by molar-refractivity contribution is 0.212. The van der Waals surface area contributed by atoms with Crippen molar-refractivity contribution < 1.29 is 9.53 Å². The molecule has 0 aromatic heterocycles. The van der Waals surface area contributed by atoms with Gasteiger partial charge in [-0.3, -0.25) is 4.72 Å². The molecule has 0 spiro atoms. The minimum Gasteiger partial charge on any atom is -0.445 e. The second-order valence-corrected chi connectivity index (χ2v) is 1.62. The number of hydrogen-bond acceptors (Lipinski definition) is 4. The van der Waals surface area contributed by atoms with Gasteiger partial charge in [0.2, 0.25) is 0 Å². The fourth-order valence-corrected chi connectivity index (χ4v) is 0.322. The van der Waals surface area contributed by atoms with Gasteiger partial charge in [-0.25, -0.2) is 4.79 Å². The molecular formula is C3H5NO2S. The maximum Gasteiger partial charge on any atom is 0.383 e. The molecule has 0 aromatic rings. The highest BCUT2D eigenvalue weighted by Crippen LogP contribution is 1.94. The molecule has 4 heteroatoms. The van der Waals surface area contributed by atoms with Crippen LogP contribution in [0.5, 0.6) is 0 Å². The summed E-state index contributed by atoms with van der Waals surface area (Å²) in [5.41, 5.74) is 0. The van der Waals surface area contributed by atoms with Crippen molar-refractivity contribution in [3.05, 3.63) is 7.11 Å². The molecule has 0 saturated carbocycles. The third kappa shape index (κ3) is 3.61. The lowest BCUT2D eigenvalue weighted by Gasteiger charge is -1.90. The Morgan fingerprint density at radius 2 is 2.57 bits per heavy atom. The highest BCUT2D eigenvalue weighted by atomic mass is 32.2. The van der Waals surface area contributed by atoms with Gasteiger partial charge >= 0.3 is 5.30 Å². The predicted molar refractivity (Wildman–Crippen MR) is 27.4 cm³/mol. The zero-order valence-corrected chi connectivity index (χ0v) is 4.62. The van der Waals surface area contributed by atoms with E-state index in [0.29, 0.717) is 0 Å². The Kier molecular flexibility index (Phi) is 3.83. The predicted octanol–water partition coefficient (Wildman–Crippen LogP) is 0.659. The fourth-order valence-electron chi connectivity index (χ4n) is 0.107.